The minimum atomic E-state index is -0.956. The number of benzene rings is 4. The van der Waals surface area contributed by atoms with Crippen molar-refractivity contribution in [2.24, 2.45) is 10.8 Å². The fourth-order valence-electron chi connectivity index (χ4n) is 11.6. The molecule has 14 amide bonds. The number of carbonyl (C=O) groups excluding carboxylic acids is 14. The zero-order chi connectivity index (χ0) is 70.3. The van der Waals surface area contributed by atoms with E-state index < -0.39 is 82.9 Å². The summed E-state index contributed by atoms with van der Waals surface area (Å²) in [4.78, 5) is 174. The van der Waals surface area contributed by atoms with Gasteiger partial charge in [0.1, 0.15) is 46.9 Å². The largest absolute Gasteiger partial charge is 0.488 e. The van der Waals surface area contributed by atoms with Crippen LogP contribution in [0.25, 0.3) is 0 Å². The van der Waals surface area contributed by atoms with Crippen LogP contribution in [0.4, 0.5) is 0 Å². The van der Waals surface area contributed by atoms with Crippen molar-refractivity contribution >= 4 is 82.7 Å². The molecule has 4 N–H and O–H groups in total. The normalized spacial score (nSPS) is 20.7. The van der Waals surface area contributed by atoms with Gasteiger partial charge in [-0.25, -0.2) is 0 Å². The molecule has 4 aromatic rings. The van der Waals surface area contributed by atoms with Crippen molar-refractivity contribution in [2.75, 3.05) is 0 Å². The molecule has 0 saturated carbocycles. The molecule has 8 aliphatic heterocycles. The highest BCUT2D eigenvalue weighted by Crippen LogP contribution is 2.35. The molecule has 500 valence electrons. The quantitative estimate of drug-likeness (QED) is 0.123. The maximum absolute atomic E-state index is 12.7. The van der Waals surface area contributed by atoms with Crippen LogP contribution in [0, 0.1) is 34.5 Å². The van der Waals surface area contributed by atoms with Gasteiger partial charge in [0.15, 0.2) is 0 Å². The highest BCUT2D eigenvalue weighted by atomic mass is 16.5. The molecular formula is C72H76N8O16. The Morgan fingerprint density at radius 2 is 0.667 bits per heavy atom. The molecular weight excluding hydrogens is 1230 g/mol. The maximum atomic E-state index is 12.7. The fraction of sp³-hybridized carbons (Fsp3) is 0.417. The summed E-state index contributed by atoms with van der Waals surface area (Å²) in [6.45, 7) is 24.3. The Balaban J connectivity index is 0.000000150. The van der Waals surface area contributed by atoms with Crippen LogP contribution in [0.1, 0.15) is 219 Å². The number of hydrogen-bond acceptors (Lipinski definition) is 16. The summed E-state index contributed by atoms with van der Waals surface area (Å²) in [6.07, 6.45) is 1.76. The lowest BCUT2D eigenvalue weighted by molar-refractivity contribution is -0.138. The maximum Gasteiger partial charge on any atom is 0.262 e. The molecule has 96 heavy (non-hydrogen) atoms. The summed E-state index contributed by atoms with van der Waals surface area (Å²) in [5.41, 5.74) is 4.36. The van der Waals surface area contributed by atoms with Gasteiger partial charge >= 0.3 is 0 Å². The smallest absolute Gasteiger partial charge is 0.262 e. The number of ether oxygens (including phenoxy) is 2. The minimum Gasteiger partial charge on any atom is -0.488 e. The van der Waals surface area contributed by atoms with Crippen LogP contribution in [0.5, 0.6) is 11.5 Å². The second-order valence-electron chi connectivity index (χ2n) is 28.3. The highest BCUT2D eigenvalue weighted by molar-refractivity contribution is 6.24. The molecule has 4 unspecified atom stereocenters. The van der Waals surface area contributed by atoms with Gasteiger partial charge in [0.25, 0.3) is 35.4 Å². The zero-order valence-corrected chi connectivity index (χ0v) is 55.6. The highest BCUT2D eigenvalue weighted by Gasteiger charge is 2.47. The molecule has 8 aliphatic rings. The SMILES string of the molecule is CC(C)(C)C#Cc1ccc2c(c1)C(=O)N(C1CCC(=O)NC1=O)C2=O.CC(C)(C)C#Cc1ccc2c(c1)CN(C1CCC(=O)NC1=O)C2=O.CC(C)(C)Oc1ccc2c(c1)C(=O)N(C1CCC(=O)NC1=O)C2=O.CC(C)(C)Oc1ccc2c(c1)CN(C1CCC(=O)NC1=O)C2=O. The van der Waals surface area contributed by atoms with Gasteiger partial charge in [-0.05, 0) is 193 Å². The second-order valence-corrected chi connectivity index (χ2v) is 28.3. The molecule has 24 heteroatoms. The molecule has 24 nitrogen and oxygen atoms in total. The molecule has 0 aliphatic carbocycles. The third-order valence-electron chi connectivity index (χ3n) is 15.9. The summed E-state index contributed by atoms with van der Waals surface area (Å²) in [7, 11) is 0. The predicted octanol–water partition coefficient (Wildman–Crippen LogP) is 6.22. The van der Waals surface area contributed by atoms with Gasteiger partial charge in [0.2, 0.25) is 47.3 Å². The predicted molar refractivity (Wildman–Crippen MR) is 345 cm³/mol. The lowest BCUT2D eigenvalue weighted by atomic mass is 9.97. The molecule has 4 aromatic carbocycles. The van der Waals surface area contributed by atoms with E-state index in [0.29, 0.717) is 54.1 Å². The molecule has 0 spiro atoms. The lowest BCUT2D eigenvalue weighted by Gasteiger charge is -2.29. The van der Waals surface area contributed by atoms with Crippen LogP contribution in [-0.4, -0.2) is 138 Å². The number of nitrogens with zero attached hydrogens (tertiary/aromatic N) is 4. The van der Waals surface area contributed by atoms with E-state index in [9.17, 15) is 67.1 Å². The molecule has 0 aromatic heterocycles. The van der Waals surface area contributed by atoms with Crippen LogP contribution >= 0.6 is 0 Å². The molecule has 4 atom stereocenters. The number of nitrogens with one attached hydrogen (secondary N) is 4. The van der Waals surface area contributed by atoms with Crippen molar-refractivity contribution < 1.29 is 76.6 Å². The Morgan fingerprint density at radius 3 is 1.04 bits per heavy atom. The standard InChI is InChI=1S/C19H18N2O4.C19H20N2O3.C17H18N2O5.C17H20N2O4/c1-19(2,3)9-8-11-4-5-12-13(10-11)18(25)21(17(12)24)14-6-7-15(22)20-16(14)23;1-19(2,3)9-8-12-4-5-14-13(10-12)11-21(18(14)24)15-6-7-16(22)20-17(15)23;1-17(2,3)24-9-4-5-10-11(8-9)16(23)19(15(10)22)12-6-7-13(20)18-14(12)21;1-17(2,3)23-11-4-5-12-10(8-11)9-19(16(12)22)13-6-7-14(20)18-15(13)21/h4-5,10,14H,6-7H2,1-3H3,(H,20,22,23);4-5,10,15H,6-7,11H2,1-3H3,(H,20,22,23);4-5,8,12H,6-7H2,1-3H3,(H,18,20,21);4-5,8,13H,6-7,9H2,1-3H3,(H,18,20,21). The Bertz CT molecular complexity index is 4170. The first-order valence-corrected chi connectivity index (χ1v) is 31.5. The van der Waals surface area contributed by atoms with Gasteiger partial charge in [-0.2, -0.15) is 0 Å². The summed E-state index contributed by atoms with van der Waals surface area (Å²) in [5, 5.41) is 8.95. The molecule has 0 bridgehead atoms. The van der Waals surface area contributed by atoms with Crippen LogP contribution in [0.15, 0.2) is 72.8 Å². The van der Waals surface area contributed by atoms with Crippen molar-refractivity contribution in [2.45, 2.75) is 183 Å². The van der Waals surface area contributed by atoms with Crippen molar-refractivity contribution in [3.8, 4) is 35.2 Å². The van der Waals surface area contributed by atoms with Crippen molar-refractivity contribution in [3.63, 3.8) is 0 Å². The lowest BCUT2D eigenvalue weighted by Crippen LogP contribution is -2.54. The van der Waals surface area contributed by atoms with Gasteiger partial charge in [0, 0.05) is 71.9 Å². The number of piperidine rings is 4. The topological polar surface area (TPSA) is 319 Å². The van der Waals surface area contributed by atoms with E-state index in [1.165, 1.54) is 17.0 Å². The van der Waals surface area contributed by atoms with E-state index >= 15 is 0 Å². The van der Waals surface area contributed by atoms with E-state index in [4.69, 9.17) is 9.47 Å². The van der Waals surface area contributed by atoms with Crippen LogP contribution in [-0.2, 0) is 51.4 Å². The van der Waals surface area contributed by atoms with Crippen molar-refractivity contribution in [1.29, 1.82) is 0 Å². The average Bonchev–Trinajstić information content (AvgIpc) is 1.63. The van der Waals surface area contributed by atoms with Gasteiger partial charge < -0.3 is 19.3 Å². The summed E-state index contributed by atoms with van der Waals surface area (Å²) < 4.78 is 11.5. The number of fused-ring (bicyclic) bond motifs is 4. The van der Waals surface area contributed by atoms with Gasteiger partial charge in [0.05, 0.1) is 22.3 Å². The Labute approximate surface area is 555 Å². The third kappa shape index (κ3) is 16.1. The minimum absolute atomic E-state index is 0.0897. The number of imide groups is 6. The fourth-order valence-corrected chi connectivity index (χ4v) is 11.6. The van der Waals surface area contributed by atoms with Gasteiger partial charge in [-0.15, -0.1) is 0 Å². The summed E-state index contributed by atoms with van der Waals surface area (Å²) in [5.74, 6) is 7.80. The zero-order valence-electron chi connectivity index (χ0n) is 55.6. The van der Waals surface area contributed by atoms with Gasteiger partial charge in [-0.3, -0.25) is 98.2 Å². The summed E-state index contributed by atoms with van der Waals surface area (Å²) >= 11 is 0. The van der Waals surface area contributed by atoms with E-state index in [-0.39, 0.29) is 107 Å². The Kier molecular flexibility index (Phi) is 19.6. The van der Waals surface area contributed by atoms with Crippen molar-refractivity contribution in [3.05, 3.63) is 128 Å². The van der Waals surface area contributed by atoms with E-state index in [1.807, 2.05) is 101 Å². The molecule has 4 fully saturated rings. The van der Waals surface area contributed by atoms with Crippen molar-refractivity contribution in [1.82, 2.24) is 40.9 Å². The monoisotopic (exact) mass is 1310 g/mol. The first-order chi connectivity index (χ1) is 44.8. The number of amides is 14. The van der Waals surface area contributed by atoms with E-state index in [2.05, 4.69) is 44.9 Å². The molecule has 8 heterocycles. The number of hydrogen-bond donors (Lipinski definition) is 4. The summed E-state index contributed by atoms with van der Waals surface area (Å²) in [6, 6.07) is 17.3. The Morgan fingerprint density at radius 1 is 0.354 bits per heavy atom. The van der Waals surface area contributed by atoms with Gasteiger partial charge in [-0.1, -0.05) is 23.7 Å². The van der Waals surface area contributed by atoms with Crippen LogP contribution < -0.4 is 30.7 Å². The molecule has 4 saturated heterocycles. The average molecular weight is 1310 g/mol. The second kappa shape index (κ2) is 27.0. The number of carbonyl (C=O) groups is 14. The van der Waals surface area contributed by atoms with Crippen LogP contribution in [0.2, 0.25) is 0 Å². The first kappa shape index (κ1) is 69.7. The number of rotatable bonds is 6. The van der Waals surface area contributed by atoms with E-state index in [0.717, 1.165) is 26.5 Å². The Hall–Kier alpha value is -10.6. The molecule has 12 rings (SSSR count). The van der Waals surface area contributed by atoms with E-state index in [1.54, 1.807) is 47.4 Å². The van der Waals surface area contributed by atoms with Crippen LogP contribution in [0.3, 0.4) is 0 Å². The first-order valence-electron chi connectivity index (χ1n) is 31.5. The molecule has 0 radical (unpaired) electrons. The third-order valence-corrected chi connectivity index (χ3v) is 15.9.